The molecule has 10 nitrogen and oxygen atoms in total. The third-order valence-electron chi connectivity index (χ3n) is 4.92. The quantitative estimate of drug-likeness (QED) is 0.534. The molecule has 0 spiro atoms. The Morgan fingerprint density at radius 1 is 1.06 bits per heavy atom. The van der Waals surface area contributed by atoms with Crippen molar-refractivity contribution in [2.75, 3.05) is 19.5 Å². The van der Waals surface area contributed by atoms with Gasteiger partial charge in [-0.15, -0.1) is 5.10 Å². The summed E-state index contributed by atoms with van der Waals surface area (Å²) < 4.78 is 25.9. The van der Waals surface area contributed by atoms with Crippen LogP contribution in [0.25, 0.3) is 5.69 Å². The number of hydrogen-bond acceptors (Lipinski definition) is 7. The Labute approximate surface area is 190 Å². The van der Waals surface area contributed by atoms with Gasteiger partial charge in [0.2, 0.25) is 5.91 Å². The van der Waals surface area contributed by atoms with E-state index in [1.807, 2.05) is 0 Å². The third-order valence-corrected chi connectivity index (χ3v) is 4.92. The minimum absolute atomic E-state index is 0.0870. The molecule has 1 atom stereocenters. The first-order valence-electron chi connectivity index (χ1n) is 10.1. The monoisotopic (exact) mass is 456 g/mol. The first-order chi connectivity index (χ1) is 15.7. The van der Waals surface area contributed by atoms with Crippen LogP contribution in [0.4, 0.5) is 10.1 Å². The molecule has 0 aliphatic rings. The highest BCUT2D eigenvalue weighted by Gasteiger charge is 2.26. The van der Waals surface area contributed by atoms with Crippen LogP contribution >= 0.6 is 0 Å². The Kier molecular flexibility index (Phi) is 7.21. The number of tetrazole rings is 1. The second kappa shape index (κ2) is 10.1. The van der Waals surface area contributed by atoms with E-state index in [-0.39, 0.29) is 17.2 Å². The summed E-state index contributed by atoms with van der Waals surface area (Å²) in [5.74, 6) is -0.432. The van der Waals surface area contributed by atoms with Crippen LogP contribution in [0.5, 0.6) is 11.5 Å². The molecule has 11 heteroatoms. The number of carbonyl (C=O) groups is 2. The molecule has 2 amide bonds. The van der Waals surface area contributed by atoms with Gasteiger partial charge in [-0.05, 0) is 53.6 Å². The van der Waals surface area contributed by atoms with E-state index >= 15 is 0 Å². The fourth-order valence-electron chi connectivity index (χ4n) is 3.13. The molecule has 0 aliphatic heterocycles. The molecule has 3 rings (SSSR count). The van der Waals surface area contributed by atoms with Crippen molar-refractivity contribution < 1.29 is 23.5 Å². The SMILES string of the molecule is COc1cc(OC)cc(C(=O)NC(C(=O)Nc2ccc(F)c(-n3nnnc3C)c2)C(C)C)c1. The average molecular weight is 456 g/mol. The third kappa shape index (κ3) is 5.43. The summed E-state index contributed by atoms with van der Waals surface area (Å²) in [5, 5.41) is 16.5. The van der Waals surface area contributed by atoms with Crippen molar-refractivity contribution in [1.29, 1.82) is 0 Å². The number of halogens is 1. The minimum Gasteiger partial charge on any atom is -0.497 e. The van der Waals surface area contributed by atoms with E-state index < -0.39 is 23.7 Å². The molecule has 1 aromatic heterocycles. The molecule has 0 saturated carbocycles. The van der Waals surface area contributed by atoms with Crippen LogP contribution in [-0.2, 0) is 4.79 Å². The predicted molar refractivity (Wildman–Crippen MR) is 118 cm³/mol. The highest BCUT2D eigenvalue weighted by Crippen LogP contribution is 2.23. The van der Waals surface area contributed by atoms with Gasteiger partial charge in [0.05, 0.1) is 14.2 Å². The average Bonchev–Trinajstić information content (AvgIpc) is 3.23. The molecule has 0 aliphatic carbocycles. The number of amides is 2. The zero-order valence-corrected chi connectivity index (χ0v) is 18.9. The van der Waals surface area contributed by atoms with Gasteiger partial charge in [0.25, 0.3) is 5.91 Å². The van der Waals surface area contributed by atoms with Crippen molar-refractivity contribution in [3.8, 4) is 17.2 Å². The van der Waals surface area contributed by atoms with Gasteiger partial charge >= 0.3 is 0 Å². The zero-order valence-electron chi connectivity index (χ0n) is 18.9. The van der Waals surface area contributed by atoms with E-state index in [0.29, 0.717) is 23.0 Å². The van der Waals surface area contributed by atoms with Crippen LogP contribution in [0.3, 0.4) is 0 Å². The maximum atomic E-state index is 14.3. The molecule has 174 valence electrons. The Morgan fingerprint density at radius 2 is 1.73 bits per heavy atom. The molecule has 0 radical (unpaired) electrons. The van der Waals surface area contributed by atoms with E-state index in [2.05, 4.69) is 26.2 Å². The van der Waals surface area contributed by atoms with Gasteiger partial charge in [0, 0.05) is 17.3 Å². The molecular weight excluding hydrogens is 431 g/mol. The van der Waals surface area contributed by atoms with E-state index in [0.717, 1.165) is 0 Å². The van der Waals surface area contributed by atoms with Crippen molar-refractivity contribution in [1.82, 2.24) is 25.5 Å². The lowest BCUT2D eigenvalue weighted by atomic mass is 10.0. The van der Waals surface area contributed by atoms with Gasteiger partial charge in [-0.25, -0.2) is 4.39 Å². The molecule has 2 aromatic carbocycles. The standard InChI is InChI=1S/C22H25FN6O4/c1-12(2)20(25-21(30)14-8-16(32-4)11-17(9-14)33-5)22(31)24-15-6-7-18(23)19(10-15)29-13(3)26-27-28-29/h6-12,20H,1-5H3,(H,24,31)(H,25,30). The number of carbonyl (C=O) groups excluding carboxylic acids is 2. The van der Waals surface area contributed by atoms with Crippen LogP contribution < -0.4 is 20.1 Å². The van der Waals surface area contributed by atoms with Crippen LogP contribution in [0, 0.1) is 18.7 Å². The Hall–Kier alpha value is -4.02. The van der Waals surface area contributed by atoms with Gasteiger partial charge < -0.3 is 20.1 Å². The van der Waals surface area contributed by atoms with E-state index in [1.165, 1.54) is 37.1 Å². The van der Waals surface area contributed by atoms with E-state index in [1.54, 1.807) is 39.0 Å². The lowest BCUT2D eigenvalue weighted by Gasteiger charge is -2.22. The summed E-state index contributed by atoms with van der Waals surface area (Å²) >= 11 is 0. The molecule has 2 N–H and O–H groups in total. The molecule has 1 heterocycles. The number of ether oxygens (including phenoxy) is 2. The highest BCUT2D eigenvalue weighted by molar-refractivity contribution is 6.01. The lowest BCUT2D eigenvalue weighted by molar-refractivity contribution is -0.118. The van der Waals surface area contributed by atoms with Crippen molar-refractivity contribution in [2.45, 2.75) is 26.8 Å². The maximum Gasteiger partial charge on any atom is 0.252 e. The molecule has 0 bridgehead atoms. The summed E-state index contributed by atoms with van der Waals surface area (Å²) in [6.07, 6.45) is 0. The summed E-state index contributed by atoms with van der Waals surface area (Å²) in [4.78, 5) is 25.9. The minimum atomic E-state index is -0.863. The number of anilines is 1. The molecule has 0 fully saturated rings. The number of benzene rings is 2. The molecule has 0 saturated heterocycles. The van der Waals surface area contributed by atoms with Crippen molar-refractivity contribution in [3.63, 3.8) is 0 Å². The predicted octanol–water partition coefficient (Wildman–Crippen LogP) is 2.52. The lowest BCUT2D eigenvalue weighted by Crippen LogP contribution is -2.47. The maximum absolute atomic E-state index is 14.3. The number of aromatic nitrogens is 4. The Bertz CT molecular complexity index is 1140. The topological polar surface area (TPSA) is 120 Å². The Balaban J connectivity index is 1.80. The van der Waals surface area contributed by atoms with Crippen molar-refractivity contribution >= 4 is 17.5 Å². The fourth-order valence-corrected chi connectivity index (χ4v) is 3.13. The smallest absolute Gasteiger partial charge is 0.252 e. The summed E-state index contributed by atoms with van der Waals surface area (Å²) in [7, 11) is 2.96. The van der Waals surface area contributed by atoms with E-state index in [4.69, 9.17) is 9.47 Å². The largest absolute Gasteiger partial charge is 0.497 e. The second-order valence-corrected chi connectivity index (χ2v) is 7.59. The normalized spacial score (nSPS) is 11.7. The van der Waals surface area contributed by atoms with Crippen LogP contribution in [0.15, 0.2) is 36.4 Å². The summed E-state index contributed by atoms with van der Waals surface area (Å²) in [6.45, 7) is 5.23. The number of hydrogen-bond donors (Lipinski definition) is 2. The van der Waals surface area contributed by atoms with Crippen LogP contribution in [0.1, 0.15) is 30.0 Å². The number of rotatable bonds is 8. The second-order valence-electron chi connectivity index (χ2n) is 7.59. The molecular formula is C22H25FN6O4. The highest BCUT2D eigenvalue weighted by atomic mass is 19.1. The van der Waals surface area contributed by atoms with Crippen molar-refractivity contribution in [3.05, 3.63) is 53.6 Å². The molecule has 33 heavy (non-hydrogen) atoms. The van der Waals surface area contributed by atoms with Crippen LogP contribution in [0.2, 0.25) is 0 Å². The zero-order chi connectivity index (χ0) is 24.1. The van der Waals surface area contributed by atoms with Gasteiger partial charge in [-0.1, -0.05) is 13.8 Å². The van der Waals surface area contributed by atoms with Gasteiger partial charge in [0.1, 0.15) is 29.0 Å². The number of methoxy groups -OCH3 is 2. The fraction of sp³-hybridized carbons (Fsp3) is 0.318. The Morgan fingerprint density at radius 3 is 2.27 bits per heavy atom. The number of aryl methyl sites for hydroxylation is 1. The van der Waals surface area contributed by atoms with Crippen LogP contribution in [-0.4, -0.2) is 52.3 Å². The summed E-state index contributed by atoms with van der Waals surface area (Å²) in [5.41, 5.74) is 0.695. The first-order valence-corrected chi connectivity index (χ1v) is 10.1. The van der Waals surface area contributed by atoms with Gasteiger partial charge in [0.15, 0.2) is 5.82 Å². The van der Waals surface area contributed by atoms with Gasteiger partial charge in [-0.2, -0.15) is 4.68 Å². The van der Waals surface area contributed by atoms with Crippen molar-refractivity contribution in [2.24, 2.45) is 5.92 Å². The van der Waals surface area contributed by atoms with Gasteiger partial charge in [-0.3, -0.25) is 9.59 Å². The number of nitrogens with one attached hydrogen (secondary N) is 2. The van der Waals surface area contributed by atoms with E-state index in [9.17, 15) is 14.0 Å². The number of nitrogens with zero attached hydrogens (tertiary/aromatic N) is 4. The first kappa shape index (κ1) is 23.6. The molecule has 3 aromatic rings. The molecule has 1 unspecified atom stereocenters. The summed E-state index contributed by atoms with van der Waals surface area (Å²) in [6, 6.07) is 7.92.